The summed E-state index contributed by atoms with van der Waals surface area (Å²) < 4.78 is 0. The minimum atomic E-state index is 0.494. The number of aromatic amines is 1. The van der Waals surface area contributed by atoms with Crippen LogP contribution in [0.1, 0.15) is 50.3 Å². The van der Waals surface area contributed by atoms with Gasteiger partial charge < -0.3 is 21.0 Å². The molecule has 0 amide bonds. The summed E-state index contributed by atoms with van der Waals surface area (Å²) >= 11 is 0. The van der Waals surface area contributed by atoms with Gasteiger partial charge in [0, 0.05) is 66.8 Å². The second kappa shape index (κ2) is 11.7. The molecule has 2 heterocycles. The monoisotopic (exact) mass is 484 g/mol. The van der Waals surface area contributed by atoms with Crippen molar-refractivity contribution >= 4 is 28.4 Å². The van der Waals surface area contributed by atoms with Crippen molar-refractivity contribution < 1.29 is 0 Å². The van der Waals surface area contributed by atoms with Gasteiger partial charge in [0.2, 0.25) is 0 Å². The number of piperazine rings is 1. The number of rotatable bonds is 9. The Balaban J connectivity index is 1.71. The van der Waals surface area contributed by atoms with Crippen LogP contribution < -0.4 is 5.73 Å². The molecule has 1 aliphatic heterocycles. The number of fused-ring (bicyclic) bond motifs is 1. The van der Waals surface area contributed by atoms with Crippen LogP contribution in [0.4, 0.5) is 0 Å². The SMILES string of the molecule is C=C/C(=C\C(C=N)=C(\N)CC)C(=N)C1=C(c2cccc3[nH]c(CN4CCN(C)CC4)cc23)CCCC1. The third-order valence-electron chi connectivity index (χ3n) is 7.53. The molecular formula is C30H40N6. The first kappa shape index (κ1) is 25.9. The van der Waals surface area contributed by atoms with Crippen molar-refractivity contribution in [2.24, 2.45) is 5.73 Å². The maximum Gasteiger partial charge on any atom is 0.0647 e. The highest BCUT2D eigenvalue weighted by Crippen LogP contribution is 2.38. The van der Waals surface area contributed by atoms with Crippen LogP contribution in [0.25, 0.3) is 16.5 Å². The lowest BCUT2D eigenvalue weighted by Gasteiger charge is -2.31. The quantitative estimate of drug-likeness (QED) is 0.274. The number of nitrogens with one attached hydrogen (secondary N) is 3. The van der Waals surface area contributed by atoms with Gasteiger partial charge in [-0.2, -0.15) is 0 Å². The summed E-state index contributed by atoms with van der Waals surface area (Å²) in [6.45, 7) is 11.3. The van der Waals surface area contributed by atoms with E-state index >= 15 is 0 Å². The second-order valence-corrected chi connectivity index (χ2v) is 9.96. The number of likely N-dealkylation sites (N-methyl/N-ethyl adjacent to an activating group) is 1. The highest BCUT2D eigenvalue weighted by molar-refractivity contribution is 6.17. The largest absolute Gasteiger partial charge is 0.402 e. The Hall–Kier alpha value is -3.22. The van der Waals surface area contributed by atoms with Crippen LogP contribution in [-0.2, 0) is 6.54 Å². The lowest BCUT2D eigenvalue weighted by Crippen LogP contribution is -2.43. The first-order chi connectivity index (χ1) is 17.4. The average molecular weight is 485 g/mol. The van der Waals surface area contributed by atoms with E-state index in [4.69, 9.17) is 16.6 Å². The first-order valence-electron chi connectivity index (χ1n) is 13.1. The molecule has 1 aromatic heterocycles. The molecule has 5 N–H and O–H groups in total. The predicted octanol–water partition coefficient (Wildman–Crippen LogP) is 5.65. The number of aromatic nitrogens is 1. The number of nitrogens with two attached hydrogens (primary N) is 1. The van der Waals surface area contributed by atoms with Crippen LogP contribution >= 0.6 is 0 Å². The third-order valence-corrected chi connectivity index (χ3v) is 7.53. The van der Waals surface area contributed by atoms with E-state index in [9.17, 15) is 0 Å². The molecule has 1 saturated heterocycles. The molecule has 36 heavy (non-hydrogen) atoms. The molecule has 2 aromatic rings. The summed E-state index contributed by atoms with van der Waals surface area (Å²) in [6.07, 6.45) is 9.54. The Morgan fingerprint density at radius 1 is 1.17 bits per heavy atom. The molecule has 6 nitrogen and oxygen atoms in total. The summed E-state index contributed by atoms with van der Waals surface area (Å²) in [5.41, 5.74) is 14.6. The summed E-state index contributed by atoms with van der Waals surface area (Å²) in [7, 11) is 2.19. The van der Waals surface area contributed by atoms with Crippen molar-refractivity contribution in [1.29, 1.82) is 10.8 Å². The molecule has 1 aromatic carbocycles. The van der Waals surface area contributed by atoms with Gasteiger partial charge >= 0.3 is 0 Å². The summed E-state index contributed by atoms with van der Waals surface area (Å²) in [4.78, 5) is 8.56. The van der Waals surface area contributed by atoms with Crippen molar-refractivity contribution in [3.05, 3.63) is 76.7 Å². The number of benzene rings is 1. The van der Waals surface area contributed by atoms with Crippen LogP contribution in [0, 0.1) is 10.8 Å². The van der Waals surface area contributed by atoms with E-state index in [0.717, 1.165) is 75.1 Å². The number of hydrogen-bond donors (Lipinski definition) is 4. The summed E-state index contributed by atoms with van der Waals surface area (Å²) in [5, 5.41) is 18.2. The van der Waals surface area contributed by atoms with Gasteiger partial charge in [0.05, 0.1) is 5.71 Å². The topological polar surface area (TPSA) is 96.0 Å². The van der Waals surface area contributed by atoms with E-state index in [1.165, 1.54) is 28.4 Å². The molecule has 0 unspecified atom stereocenters. The van der Waals surface area contributed by atoms with E-state index in [1.807, 2.05) is 13.0 Å². The molecule has 0 saturated carbocycles. The molecular weight excluding hydrogens is 444 g/mol. The van der Waals surface area contributed by atoms with E-state index in [-0.39, 0.29) is 0 Å². The average Bonchev–Trinajstić information content (AvgIpc) is 3.32. The first-order valence-corrected chi connectivity index (χ1v) is 13.1. The Morgan fingerprint density at radius 3 is 2.61 bits per heavy atom. The Labute approximate surface area is 215 Å². The minimum Gasteiger partial charge on any atom is -0.402 e. The van der Waals surface area contributed by atoms with Crippen LogP contribution in [0.5, 0.6) is 0 Å². The van der Waals surface area contributed by atoms with Crippen LogP contribution in [0.15, 0.2) is 65.4 Å². The van der Waals surface area contributed by atoms with Crippen LogP contribution in [-0.4, -0.2) is 59.9 Å². The van der Waals surface area contributed by atoms with E-state index in [2.05, 4.69) is 52.7 Å². The Bertz CT molecular complexity index is 1230. The van der Waals surface area contributed by atoms with Gasteiger partial charge in [-0.3, -0.25) is 10.3 Å². The van der Waals surface area contributed by atoms with Gasteiger partial charge in [-0.1, -0.05) is 31.7 Å². The molecule has 1 fully saturated rings. The highest BCUT2D eigenvalue weighted by Gasteiger charge is 2.22. The van der Waals surface area contributed by atoms with Gasteiger partial charge in [-0.05, 0) is 79.6 Å². The fourth-order valence-corrected chi connectivity index (χ4v) is 5.29. The number of nitrogens with zero attached hydrogens (tertiary/aromatic N) is 2. The summed E-state index contributed by atoms with van der Waals surface area (Å²) in [5.74, 6) is 0. The summed E-state index contributed by atoms with van der Waals surface area (Å²) in [6, 6.07) is 8.80. The second-order valence-electron chi connectivity index (χ2n) is 9.96. The molecule has 0 bridgehead atoms. The number of H-pyrrole nitrogens is 1. The van der Waals surface area contributed by atoms with Crippen molar-refractivity contribution in [3.63, 3.8) is 0 Å². The molecule has 2 aliphatic rings. The zero-order valence-electron chi connectivity index (χ0n) is 21.8. The predicted molar refractivity (Wildman–Crippen MR) is 153 cm³/mol. The van der Waals surface area contributed by atoms with Gasteiger partial charge in [0.25, 0.3) is 0 Å². The molecule has 190 valence electrons. The van der Waals surface area contributed by atoms with E-state index in [1.54, 1.807) is 6.08 Å². The minimum absolute atomic E-state index is 0.494. The smallest absolute Gasteiger partial charge is 0.0647 e. The maximum absolute atomic E-state index is 9.13. The van der Waals surface area contributed by atoms with Crippen LogP contribution in [0.3, 0.4) is 0 Å². The van der Waals surface area contributed by atoms with Crippen molar-refractivity contribution in [1.82, 2.24) is 14.8 Å². The zero-order chi connectivity index (χ0) is 25.7. The molecule has 0 atom stereocenters. The number of allylic oxidation sites excluding steroid dienone is 7. The molecule has 1 aliphatic carbocycles. The van der Waals surface area contributed by atoms with Crippen molar-refractivity contribution in [2.75, 3.05) is 33.2 Å². The third kappa shape index (κ3) is 5.61. The van der Waals surface area contributed by atoms with Gasteiger partial charge in [-0.15, -0.1) is 0 Å². The fraction of sp³-hybridized carbons (Fsp3) is 0.400. The lowest BCUT2D eigenvalue weighted by atomic mass is 9.82. The molecule has 0 spiro atoms. The molecule has 0 radical (unpaired) electrons. The van der Waals surface area contributed by atoms with Gasteiger partial charge in [0.1, 0.15) is 0 Å². The van der Waals surface area contributed by atoms with Crippen molar-refractivity contribution in [3.8, 4) is 0 Å². The van der Waals surface area contributed by atoms with Gasteiger partial charge in [0.15, 0.2) is 0 Å². The lowest BCUT2D eigenvalue weighted by molar-refractivity contribution is 0.147. The normalized spacial score (nSPS) is 18.9. The zero-order valence-corrected chi connectivity index (χ0v) is 21.8. The molecule has 4 rings (SSSR count). The maximum atomic E-state index is 9.13. The Kier molecular flexibility index (Phi) is 8.39. The Morgan fingerprint density at radius 2 is 1.92 bits per heavy atom. The molecule has 6 heteroatoms. The standard InChI is InChI=1S/C30H40N6/c1-4-21(17-22(19-31)28(32)5-2)30(33)26-10-7-6-9-24(26)25-11-8-12-29-27(25)18-23(34-29)20-36-15-13-35(3)14-16-36/h4,8,11-12,17-19,31,33-34H,1,5-7,9-10,13-16,20,32H2,2-3H3/b21-17+,28-22-,31-19?,33-30?. The van der Waals surface area contributed by atoms with Gasteiger partial charge in [-0.25, -0.2) is 0 Å². The fourth-order valence-electron chi connectivity index (χ4n) is 5.29. The van der Waals surface area contributed by atoms with Crippen LogP contribution in [0.2, 0.25) is 0 Å². The van der Waals surface area contributed by atoms with E-state index < -0.39 is 0 Å². The highest BCUT2D eigenvalue weighted by atomic mass is 15.2. The van der Waals surface area contributed by atoms with Crippen molar-refractivity contribution in [2.45, 2.75) is 45.6 Å². The van der Waals surface area contributed by atoms with E-state index in [0.29, 0.717) is 23.4 Å². The number of hydrogen-bond acceptors (Lipinski definition) is 5.